The van der Waals surface area contributed by atoms with Crippen molar-refractivity contribution in [3.63, 3.8) is 0 Å². The molecule has 3 N–H and O–H groups in total. The lowest BCUT2D eigenvalue weighted by Gasteiger charge is -2.19. The minimum atomic E-state index is -0.957. The molecule has 1 atom stereocenters. The lowest BCUT2D eigenvalue weighted by atomic mass is 10.0. The Bertz CT molecular complexity index is 1030. The highest BCUT2D eigenvalue weighted by Gasteiger charge is 2.23. The van der Waals surface area contributed by atoms with Gasteiger partial charge >= 0.3 is 0 Å². The monoisotopic (exact) mass is 405 g/mol. The Morgan fingerprint density at radius 2 is 1.33 bits per heavy atom. The van der Waals surface area contributed by atoms with Crippen molar-refractivity contribution < 1.29 is 18.8 Å². The maximum Gasteiger partial charge on any atom is 0.272 e. The zero-order valence-corrected chi connectivity index (χ0v) is 16.0. The van der Waals surface area contributed by atoms with E-state index in [0.717, 1.165) is 11.6 Å². The third kappa shape index (κ3) is 5.51. The topological polar surface area (TPSA) is 87.3 Å². The van der Waals surface area contributed by atoms with Gasteiger partial charge in [0.25, 0.3) is 17.7 Å². The van der Waals surface area contributed by atoms with Crippen LogP contribution in [-0.2, 0) is 11.2 Å². The minimum Gasteiger partial charge on any atom is -0.340 e. The summed E-state index contributed by atoms with van der Waals surface area (Å²) in [6.45, 7) is 0. The fraction of sp³-hybridized carbons (Fsp3) is 0.0870. The SMILES string of the molecule is O=C(NC(Cc1ccccc1)C(=O)NNC(=O)c1ccccc1F)c1ccccc1. The Morgan fingerprint density at radius 1 is 0.733 bits per heavy atom. The van der Waals surface area contributed by atoms with Crippen LogP contribution in [0.3, 0.4) is 0 Å². The van der Waals surface area contributed by atoms with Crippen LogP contribution in [0.2, 0.25) is 0 Å². The molecule has 0 bridgehead atoms. The average molecular weight is 405 g/mol. The van der Waals surface area contributed by atoms with Crippen LogP contribution in [0.4, 0.5) is 4.39 Å². The van der Waals surface area contributed by atoms with Gasteiger partial charge in [0.05, 0.1) is 5.56 Å². The molecule has 30 heavy (non-hydrogen) atoms. The number of hydrazine groups is 1. The number of benzene rings is 3. The molecule has 3 aromatic carbocycles. The van der Waals surface area contributed by atoms with Gasteiger partial charge in [-0.25, -0.2) is 4.39 Å². The highest BCUT2D eigenvalue weighted by Crippen LogP contribution is 2.07. The first-order valence-electron chi connectivity index (χ1n) is 9.29. The maximum absolute atomic E-state index is 13.7. The second kappa shape index (κ2) is 9.97. The molecule has 0 aliphatic heterocycles. The lowest BCUT2D eigenvalue weighted by Crippen LogP contribution is -2.53. The van der Waals surface area contributed by atoms with Gasteiger partial charge in [-0.1, -0.05) is 60.7 Å². The van der Waals surface area contributed by atoms with Crippen molar-refractivity contribution in [2.24, 2.45) is 0 Å². The summed E-state index contributed by atoms with van der Waals surface area (Å²) >= 11 is 0. The van der Waals surface area contributed by atoms with Gasteiger partial charge in [-0.05, 0) is 29.8 Å². The molecule has 0 aliphatic carbocycles. The van der Waals surface area contributed by atoms with Crippen molar-refractivity contribution >= 4 is 17.7 Å². The van der Waals surface area contributed by atoms with E-state index in [1.165, 1.54) is 18.2 Å². The first-order chi connectivity index (χ1) is 14.5. The quantitative estimate of drug-likeness (QED) is 0.551. The molecule has 0 saturated carbocycles. The van der Waals surface area contributed by atoms with Gasteiger partial charge in [0.2, 0.25) is 0 Å². The van der Waals surface area contributed by atoms with E-state index in [1.807, 2.05) is 30.3 Å². The zero-order valence-electron chi connectivity index (χ0n) is 16.0. The minimum absolute atomic E-state index is 0.203. The first-order valence-corrected chi connectivity index (χ1v) is 9.29. The van der Waals surface area contributed by atoms with Gasteiger partial charge in [-0.15, -0.1) is 0 Å². The number of carbonyl (C=O) groups excluding carboxylic acids is 3. The average Bonchev–Trinajstić information content (AvgIpc) is 2.78. The van der Waals surface area contributed by atoms with E-state index in [2.05, 4.69) is 16.2 Å². The summed E-state index contributed by atoms with van der Waals surface area (Å²) in [5.74, 6) is -2.56. The molecule has 1 unspecified atom stereocenters. The van der Waals surface area contributed by atoms with E-state index in [1.54, 1.807) is 30.3 Å². The lowest BCUT2D eigenvalue weighted by molar-refractivity contribution is -0.123. The van der Waals surface area contributed by atoms with Gasteiger partial charge in [0, 0.05) is 12.0 Å². The summed E-state index contributed by atoms with van der Waals surface area (Å²) < 4.78 is 13.7. The van der Waals surface area contributed by atoms with Crippen LogP contribution >= 0.6 is 0 Å². The fourth-order valence-electron chi connectivity index (χ4n) is 2.81. The van der Waals surface area contributed by atoms with E-state index >= 15 is 0 Å². The summed E-state index contributed by atoms with van der Waals surface area (Å²) in [4.78, 5) is 37.4. The van der Waals surface area contributed by atoms with Gasteiger partial charge < -0.3 is 5.32 Å². The summed E-state index contributed by atoms with van der Waals surface area (Å²) in [6.07, 6.45) is 0.209. The van der Waals surface area contributed by atoms with Crippen molar-refractivity contribution in [3.05, 3.63) is 107 Å². The van der Waals surface area contributed by atoms with Crippen molar-refractivity contribution in [2.75, 3.05) is 0 Å². The molecule has 0 heterocycles. The number of nitrogens with one attached hydrogen (secondary N) is 3. The summed E-state index contributed by atoms with van der Waals surface area (Å²) in [5.41, 5.74) is 5.48. The molecule has 152 valence electrons. The van der Waals surface area contributed by atoms with Crippen molar-refractivity contribution in [1.82, 2.24) is 16.2 Å². The van der Waals surface area contributed by atoms with E-state index in [9.17, 15) is 18.8 Å². The Balaban J connectivity index is 1.70. The van der Waals surface area contributed by atoms with Gasteiger partial charge in [0.1, 0.15) is 11.9 Å². The fourth-order valence-corrected chi connectivity index (χ4v) is 2.81. The molecule has 3 rings (SSSR count). The number of amides is 3. The zero-order chi connectivity index (χ0) is 21.3. The second-order valence-electron chi connectivity index (χ2n) is 6.51. The second-order valence-corrected chi connectivity index (χ2v) is 6.51. The molecule has 0 spiro atoms. The standard InChI is InChI=1S/C23H20FN3O3/c24-19-14-8-7-13-18(19)22(29)26-27-23(30)20(15-16-9-3-1-4-10-16)25-21(28)17-11-5-2-6-12-17/h1-14,20H,15H2,(H,25,28)(H,26,29)(H,27,30). The molecule has 3 amide bonds. The highest BCUT2D eigenvalue weighted by atomic mass is 19.1. The van der Waals surface area contributed by atoms with Gasteiger partial charge in [-0.2, -0.15) is 0 Å². The molecule has 7 heteroatoms. The molecular weight excluding hydrogens is 385 g/mol. The molecule has 0 saturated heterocycles. The van der Waals surface area contributed by atoms with Crippen LogP contribution in [0, 0.1) is 5.82 Å². The molecule has 0 fully saturated rings. The summed E-state index contributed by atoms with van der Waals surface area (Å²) in [7, 11) is 0. The molecular formula is C23H20FN3O3. The third-order valence-electron chi connectivity index (χ3n) is 4.36. The predicted octanol–water partition coefficient (Wildman–Crippen LogP) is 2.63. The first kappa shape index (κ1) is 20.7. The van der Waals surface area contributed by atoms with Crippen LogP contribution in [-0.4, -0.2) is 23.8 Å². The molecule has 6 nitrogen and oxygen atoms in total. The molecule has 3 aromatic rings. The number of halogens is 1. The van der Waals surface area contributed by atoms with Crippen LogP contribution in [0.15, 0.2) is 84.9 Å². The largest absolute Gasteiger partial charge is 0.340 e. The number of rotatable bonds is 6. The van der Waals surface area contributed by atoms with Gasteiger partial charge in [-0.3, -0.25) is 25.2 Å². The number of carbonyl (C=O) groups is 3. The normalized spacial score (nSPS) is 11.2. The van der Waals surface area contributed by atoms with Crippen molar-refractivity contribution in [1.29, 1.82) is 0 Å². The molecule has 0 aliphatic rings. The number of hydrogen-bond donors (Lipinski definition) is 3. The summed E-state index contributed by atoms with van der Waals surface area (Å²) in [5, 5.41) is 2.68. The Hall–Kier alpha value is -4.00. The molecule has 0 radical (unpaired) electrons. The molecule has 0 aromatic heterocycles. The maximum atomic E-state index is 13.7. The summed E-state index contributed by atoms with van der Waals surface area (Å²) in [6, 6.07) is 22.1. The van der Waals surface area contributed by atoms with Crippen LogP contribution in [0.1, 0.15) is 26.3 Å². The van der Waals surface area contributed by atoms with E-state index in [0.29, 0.717) is 5.56 Å². The Kier molecular flexibility index (Phi) is 6.89. The number of hydrogen-bond acceptors (Lipinski definition) is 3. The predicted molar refractivity (Wildman–Crippen MR) is 110 cm³/mol. The highest BCUT2D eigenvalue weighted by molar-refractivity contribution is 5.99. The van der Waals surface area contributed by atoms with Crippen molar-refractivity contribution in [3.8, 4) is 0 Å². The van der Waals surface area contributed by atoms with E-state index in [-0.39, 0.29) is 12.0 Å². The van der Waals surface area contributed by atoms with Crippen molar-refractivity contribution in [2.45, 2.75) is 12.5 Å². The Labute approximate surface area is 173 Å². The Morgan fingerprint density at radius 3 is 2.00 bits per heavy atom. The van der Waals surface area contributed by atoms with Crippen LogP contribution < -0.4 is 16.2 Å². The van der Waals surface area contributed by atoms with Gasteiger partial charge in [0.15, 0.2) is 0 Å². The smallest absolute Gasteiger partial charge is 0.272 e. The van der Waals surface area contributed by atoms with Crippen LogP contribution in [0.25, 0.3) is 0 Å². The van der Waals surface area contributed by atoms with E-state index < -0.39 is 29.6 Å². The third-order valence-corrected chi connectivity index (χ3v) is 4.36. The van der Waals surface area contributed by atoms with Crippen LogP contribution in [0.5, 0.6) is 0 Å². The van der Waals surface area contributed by atoms with E-state index in [4.69, 9.17) is 0 Å².